The first-order valence-electron chi connectivity index (χ1n) is 14.9. The topological polar surface area (TPSA) is 96.0 Å². The van der Waals surface area contributed by atoms with E-state index in [4.69, 9.17) is 16.3 Å². The fraction of sp³-hybridized carbons (Fsp3) is 0.257. The van der Waals surface area contributed by atoms with E-state index in [9.17, 15) is 18.0 Å². The second-order valence-corrected chi connectivity index (χ2v) is 12.9. The number of para-hydroxylation sites is 1. The summed E-state index contributed by atoms with van der Waals surface area (Å²) >= 11 is 6.10. The van der Waals surface area contributed by atoms with E-state index >= 15 is 0 Å². The van der Waals surface area contributed by atoms with Crippen LogP contribution in [0, 0.1) is 0 Å². The average Bonchev–Trinajstić information content (AvgIpc) is 3.05. The molecule has 0 bridgehead atoms. The van der Waals surface area contributed by atoms with Crippen molar-refractivity contribution in [2.45, 2.75) is 57.1 Å². The van der Waals surface area contributed by atoms with Gasteiger partial charge >= 0.3 is 0 Å². The van der Waals surface area contributed by atoms with Gasteiger partial charge in [0.25, 0.3) is 10.0 Å². The number of nitrogens with one attached hydrogen (secondary N) is 1. The largest absolute Gasteiger partial charge is 0.457 e. The minimum Gasteiger partial charge on any atom is -0.457 e. The van der Waals surface area contributed by atoms with Gasteiger partial charge in [-0.05, 0) is 86.0 Å². The second kappa shape index (κ2) is 15.6. The molecule has 8 nitrogen and oxygen atoms in total. The zero-order valence-electron chi connectivity index (χ0n) is 25.6. The summed E-state index contributed by atoms with van der Waals surface area (Å²) in [5.41, 5.74) is 1.03. The van der Waals surface area contributed by atoms with Crippen molar-refractivity contribution in [3.8, 4) is 11.5 Å². The van der Waals surface area contributed by atoms with Crippen LogP contribution in [0.15, 0.2) is 114 Å². The molecule has 0 fully saturated rings. The molecule has 0 aliphatic carbocycles. The van der Waals surface area contributed by atoms with Crippen LogP contribution in [0.2, 0.25) is 5.02 Å². The van der Waals surface area contributed by atoms with Gasteiger partial charge in [-0.15, -0.1) is 0 Å². The van der Waals surface area contributed by atoms with E-state index in [-0.39, 0.29) is 29.1 Å². The molecule has 4 aromatic rings. The number of halogens is 1. The molecule has 4 rings (SSSR count). The van der Waals surface area contributed by atoms with E-state index in [0.29, 0.717) is 22.9 Å². The lowest BCUT2D eigenvalue weighted by Gasteiger charge is -2.33. The molecule has 1 N–H and O–H groups in total. The third-order valence-corrected chi connectivity index (χ3v) is 9.41. The molecule has 45 heavy (non-hydrogen) atoms. The van der Waals surface area contributed by atoms with E-state index in [0.717, 1.165) is 16.3 Å². The lowest BCUT2D eigenvalue weighted by molar-refractivity contribution is -0.140. The Hall–Kier alpha value is -4.34. The second-order valence-electron chi connectivity index (χ2n) is 10.6. The maximum atomic E-state index is 14.2. The van der Waals surface area contributed by atoms with Gasteiger partial charge in [0, 0.05) is 17.6 Å². The van der Waals surface area contributed by atoms with Crippen LogP contribution in [0.3, 0.4) is 0 Å². The molecular formula is C35H38ClN3O5S. The molecule has 0 aliphatic rings. The van der Waals surface area contributed by atoms with Crippen molar-refractivity contribution in [2.24, 2.45) is 0 Å². The number of amides is 2. The highest BCUT2D eigenvalue weighted by Crippen LogP contribution is 2.29. The number of nitrogens with zero attached hydrogens (tertiary/aromatic N) is 2. The first-order chi connectivity index (χ1) is 21.6. The zero-order chi connectivity index (χ0) is 32.4. The third-order valence-electron chi connectivity index (χ3n) is 7.37. The molecule has 0 saturated heterocycles. The molecule has 0 aromatic heterocycles. The lowest BCUT2D eigenvalue weighted by atomic mass is 10.1. The van der Waals surface area contributed by atoms with Gasteiger partial charge in [0.15, 0.2) is 0 Å². The number of benzene rings is 4. The predicted molar refractivity (Wildman–Crippen MR) is 178 cm³/mol. The normalized spacial score (nSPS) is 12.5. The van der Waals surface area contributed by atoms with Crippen LogP contribution >= 0.6 is 11.6 Å². The van der Waals surface area contributed by atoms with E-state index in [1.165, 1.54) is 17.0 Å². The van der Waals surface area contributed by atoms with Gasteiger partial charge < -0.3 is 15.0 Å². The molecule has 4 aromatic carbocycles. The van der Waals surface area contributed by atoms with Crippen molar-refractivity contribution in [2.75, 3.05) is 10.8 Å². The summed E-state index contributed by atoms with van der Waals surface area (Å²) in [5.74, 6) is 0.313. The number of sulfonamides is 1. The number of ether oxygens (including phenoxy) is 1. The van der Waals surface area contributed by atoms with Crippen LogP contribution in [0.5, 0.6) is 11.5 Å². The van der Waals surface area contributed by atoms with E-state index in [1.807, 2.05) is 51.1 Å². The van der Waals surface area contributed by atoms with Gasteiger partial charge in [-0.25, -0.2) is 8.42 Å². The van der Waals surface area contributed by atoms with Crippen LogP contribution in [-0.2, 0) is 26.2 Å². The summed E-state index contributed by atoms with van der Waals surface area (Å²) in [6.07, 6.45) is 1.05. The highest BCUT2D eigenvalue weighted by molar-refractivity contribution is 7.92. The van der Waals surface area contributed by atoms with Crippen LogP contribution < -0.4 is 14.4 Å². The SMILES string of the molecule is CCC(C)NC(=O)C(CC)N(Cc1ccc(Cl)cc1)C(=O)CN(c1ccc(Oc2ccccc2)cc1)S(=O)(=O)c1ccccc1. The Bertz CT molecular complexity index is 1650. The lowest BCUT2D eigenvalue weighted by Crippen LogP contribution is -2.53. The maximum Gasteiger partial charge on any atom is 0.264 e. The molecule has 2 amide bonds. The summed E-state index contributed by atoms with van der Waals surface area (Å²) < 4.78 is 35.1. The first kappa shape index (κ1) is 33.6. The van der Waals surface area contributed by atoms with E-state index < -0.39 is 28.5 Å². The number of carbonyl (C=O) groups is 2. The standard InChI is InChI=1S/C35H38ClN3O5S/c1-4-26(3)37-35(41)33(5-2)38(24-27-16-18-28(36)19-17-27)34(40)25-39(45(42,43)32-14-10-7-11-15-32)29-20-22-31(23-21-29)44-30-12-8-6-9-13-30/h6-23,26,33H,4-5,24-25H2,1-3H3,(H,37,41). The highest BCUT2D eigenvalue weighted by Gasteiger charge is 2.34. The Morgan fingerprint density at radius 3 is 1.96 bits per heavy atom. The van der Waals surface area contributed by atoms with Crippen molar-refractivity contribution < 1.29 is 22.7 Å². The van der Waals surface area contributed by atoms with Gasteiger partial charge in [0.2, 0.25) is 11.8 Å². The summed E-state index contributed by atoms with van der Waals surface area (Å²) in [7, 11) is -4.18. The van der Waals surface area contributed by atoms with Crippen molar-refractivity contribution in [3.63, 3.8) is 0 Å². The van der Waals surface area contributed by atoms with Crippen molar-refractivity contribution in [1.29, 1.82) is 0 Å². The van der Waals surface area contributed by atoms with Crippen LogP contribution in [0.25, 0.3) is 0 Å². The van der Waals surface area contributed by atoms with Gasteiger partial charge in [0.1, 0.15) is 24.1 Å². The van der Waals surface area contributed by atoms with Crippen molar-refractivity contribution in [1.82, 2.24) is 10.2 Å². The molecule has 10 heteroatoms. The Balaban J connectivity index is 1.71. The number of anilines is 1. The fourth-order valence-corrected chi connectivity index (χ4v) is 6.26. The van der Waals surface area contributed by atoms with Gasteiger partial charge in [-0.1, -0.05) is 74.0 Å². The molecule has 0 aliphatic heterocycles. The van der Waals surface area contributed by atoms with Gasteiger partial charge in [-0.2, -0.15) is 0 Å². The quantitative estimate of drug-likeness (QED) is 0.158. The summed E-state index contributed by atoms with van der Waals surface area (Å²) in [6.45, 7) is 5.25. The van der Waals surface area contributed by atoms with Gasteiger partial charge in [-0.3, -0.25) is 13.9 Å². The van der Waals surface area contributed by atoms with Crippen LogP contribution in [0.4, 0.5) is 5.69 Å². The van der Waals surface area contributed by atoms with Crippen LogP contribution in [-0.4, -0.2) is 43.8 Å². The maximum absolute atomic E-state index is 14.2. The summed E-state index contributed by atoms with van der Waals surface area (Å²) in [4.78, 5) is 29.1. The van der Waals surface area contributed by atoms with E-state index in [1.54, 1.807) is 66.7 Å². The van der Waals surface area contributed by atoms with Crippen LogP contribution in [0.1, 0.15) is 39.2 Å². The minimum atomic E-state index is -4.18. The molecule has 0 radical (unpaired) electrons. The Morgan fingerprint density at radius 1 is 0.800 bits per heavy atom. The Morgan fingerprint density at radius 2 is 1.38 bits per heavy atom. The molecule has 0 heterocycles. The summed E-state index contributed by atoms with van der Waals surface area (Å²) in [6, 6.07) is 29.7. The number of hydrogen-bond donors (Lipinski definition) is 1. The predicted octanol–water partition coefficient (Wildman–Crippen LogP) is 7.05. The number of carbonyl (C=O) groups excluding carboxylic acids is 2. The zero-order valence-corrected chi connectivity index (χ0v) is 27.2. The molecule has 0 spiro atoms. The molecule has 2 unspecified atom stereocenters. The van der Waals surface area contributed by atoms with Crippen molar-refractivity contribution >= 4 is 39.1 Å². The molecule has 0 saturated carbocycles. The number of rotatable bonds is 14. The summed E-state index contributed by atoms with van der Waals surface area (Å²) in [5, 5.41) is 3.52. The number of hydrogen-bond acceptors (Lipinski definition) is 5. The molecule has 236 valence electrons. The Kier molecular flexibility index (Phi) is 11.6. The van der Waals surface area contributed by atoms with E-state index in [2.05, 4.69) is 5.32 Å². The Labute approximate surface area is 270 Å². The third kappa shape index (κ3) is 8.86. The smallest absolute Gasteiger partial charge is 0.264 e. The van der Waals surface area contributed by atoms with Gasteiger partial charge in [0.05, 0.1) is 10.6 Å². The first-order valence-corrected chi connectivity index (χ1v) is 16.7. The fourth-order valence-electron chi connectivity index (χ4n) is 4.70. The molecule has 2 atom stereocenters. The highest BCUT2D eigenvalue weighted by atomic mass is 35.5. The minimum absolute atomic E-state index is 0.0354. The monoisotopic (exact) mass is 647 g/mol. The molecular weight excluding hydrogens is 610 g/mol. The average molecular weight is 648 g/mol. The van der Waals surface area contributed by atoms with Crippen molar-refractivity contribution in [3.05, 3.63) is 120 Å².